The first-order valence-electron chi connectivity index (χ1n) is 11.3. The molecule has 0 saturated heterocycles. The highest BCUT2D eigenvalue weighted by molar-refractivity contribution is 7.48. The Labute approximate surface area is 238 Å². The zero-order valence-corrected chi connectivity index (χ0v) is 25.1. The van der Waals surface area contributed by atoms with E-state index in [1.807, 2.05) is 0 Å². The van der Waals surface area contributed by atoms with Gasteiger partial charge in [-0.3, -0.25) is 36.2 Å². The summed E-state index contributed by atoms with van der Waals surface area (Å²) in [5, 5.41) is 64.3. The molecule has 27 heteroatoms. The van der Waals surface area contributed by atoms with Crippen LogP contribution in [0.5, 0.6) is 0 Å². The van der Waals surface area contributed by atoms with E-state index in [-0.39, 0.29) is 0 Å². The molecule has 0 fully saturated rings. The third kappa shape index (κ3) is 22.6. The van der Waals surface area contributed by atoms with E-state index in [2.05, 4.69) is 36.2 Å². The second-order valence-electron chi connectivity index (χ2n) is 7.87. The molecule has 0 aliphatic heterocycles. The van der Waals surface area contributed by atoms with Crippen molar-refractivity contribution in [2.24, 2.45) is 0 Å². The van der Waals surface area contributed by atoms with Gasteiger partial charge in [0.15, 0.2) is 0 Å². The molecule has 11 N–H and O–H groups in total. The van der Waals surface area contributed by atoms with Gasteiger partial charge in [0, 0.05) is 0 Å². The van der Waals surface area contributed by atoms with E-state index in [1.165, 1.54) is 0 Å². The van der Waals surface area contributed by atoms with Crippen molar-refractivity contribution >= 4 is 31.3 Å². The van der Waals surface area contributed by atoms with Crippen LogP contribution >= 0.6 is 31.3 Å². The molecule has 0 aromatic carbocycles. The number of rotatable bonds is 26. The molecule has 0 amide bonds. The van der Waals surface area contributed by atoms with Crippen LogP contribution in [0.25, 0.3) is 0 Å². The molecule has 0 bridgehead atoms. The molecule has 0 aromatic rings. The topological polar surface area (TPSA) is 365 Å². The molecule has 0 spiro atoms. The molecule has 42 heavy (non-hydrogen) atoms. The van der Waals surface area contributed by atoms with Crippen LogP contribution in [-0.2, 0) is 54.5 Å². The summed E-state index contributed by atoms with van der Waals surface area (Å²) in [5.74, 6) is 0. The third-order valence-electron chi connectivity index (χ3n) is 3.86. The van der Waals surface area contributed by atoms with Gasteiger partial charge in [-0.1, -0.05) is 0 Å². The lowest BCUT2D eigenvalue weighted by Gasteiger charge is -2.19. The van der Waals surface area contributed by atoms with Crippen molar-refractivity contribution in [3.8, 4) is 0 Å². The minimum absolute atomic E-state index is 0.771. The summed E-state index contributed by atoms with van der Waals surface area (Å²) in [5.41, 5.74) is 0. The zero-order valence-electron chi connectivity index (χ0n) is 21.6. The van der Waals surface area contributed by atoms with E-state index in [4.69, 9.17) is 20.4 Å². The lowest BCUT2D eigenvalue weighted by atomic mass is 10.4. The molecule has 0 aromatic heterocycles. The van der Waals surface area contributed by atoms with Crippen molar-refractivity contribution in [2.75, 3.05) is 66.1 Å². The van der Waals surface area contributed by atoms with Crippen molar-refractivity contribution in [1.29, 1.82) is 0 Å². The molecule has 0 rings (SSSR count). The summed E-state index contributed by atoms with van der Waals surface area (Å²) < 4.78 is 81.7. The van der Waals surface area contributed by atoms with Crippen LogP contribution in [0.4, 0.5) is 0 Å². The van der Waals surface area contributed by atoms with E-state index in [9.17, 15) is 53.2 Å². The normalized spacial score (nSPS) is 21.7. The predicted molar refractivity (Wildman–Crippen MR) is 131 cm³/mol. The van der Waals surface area contributed by atoms with Gasteiger partial charge >= 0.3 is 31.3 Å². The van der Waals surface area contributed by atoms with Gasteiger partial charge in [-0.15, -0.1) is 0 Å². The molecule has 0 radical (unpaired) electrons. The standard InChI is InChI=1S/C15H36O23P4/c16-1-11(18)3-31-39(23,24)33-5-13(20)7-35-41(27,28)37-9-15(22)10-38-42(29,30)36-8-14(21)6-34-40(25,26)32-4-12(19)2-17/h11-22H,1-10H2,(H,23,24)(H,25,26)(H,27,28)(H,29,30). The summed E-state index contributed by atoms with van der Waals surface area (Å²) in [6, 6.07) is 0. The Hall–Kier alpha value is 0.160. The monoisotopic (exact) mass is 708 g/mol. The number of phosphoric ester groups is 4. The van der Waals surface area contributed by atoms with E-state index >= 15 is 0 Å². The maximum Gasteiger partial charge on any atom is 0.472 e. The van der Waals surface area contributed by atoms with Crippen LogP contribution in [0, 0.1) is 0 Å². The lowest BCUT2D eigenvalue weighted by Crippen LogP contribution is -2.24. The van der Waals surface area contributed by atoms with Crippen molar-refractivity contribution in [3.05, 3.63) is 0 Å². The Bertz CT molecular complexity index is 864. The number of hydrogen-bond donors (Lipinski definition) is 11. The highest BCUT2D eigenvalue weighted by Crippen LogP contribution is 2.47. The van der Waals surface area contributed by atoms with E-state index in [0.717, 1.165) is 0 Å². The summed E-state index contributed by atoms with van der Waals surface area (Å²) in [7, 11) is -19.5. The van der Waals surface area contributed by atoms with Crippen LogP contribution in [0.15, 0.2) is 0 Å². The van der Waals surface area contributed by atoms with Gasteiger partial charge in [-0.2, -0.15) is 0 Å². The van der Waals surface area contributed by atoms with Crippen LogP contribution in [0.1, 0.15) is 0 Å². The number of hydrogen-bond acceptors (Lipinski definition) is 19. The largest absolute Gasteiger partial charge is 0.472 e. The van der Waals surface area contributed by atoms with Crippen LogP contribution in [-0.4, -0.2) is 152 Å². The molecule has 254 valence electrons. The minimum atomic E-state index is -4.96. The second kappa shape index (κ2) is 20.3. The molecule has 8 unspecified atom stereocenters. The van der Waals surface area contributed by atoms with Crippen LogP contribution in [0.2, 0.25) is 0 Å². The zero-order chi connectivity index (χ0) is 32.6. The predicted octanol–water partition coefficient (Wildman–Crippen LogP) is -3.69. The minimum Gasteiger partial charge on any atom is -0.394 e. The quantitative estimate of drug-likeness (QED) is 0.0385. The van der Waals surface area contributed by atoms with Gasteiger partial charge in [-0.05, 0) is 0 Å². The van der Waals surface area contributed by atoms with Gasteiger partial charge in [0.05, 0.1) is 66.1 Å². The molecule has 0 heterocycles. The maximum atomic E-state index is 11.8. The summed E-state index contributed by atoms with van der Waals surface area (Å²) in [4.78, 5) is 37.8. The lowest BCUT2D eigenvalue weighted by molar-refractivity contribution is 0.00107. The van der Waals surface area contributed by atoms with Gasteiger partial charge < -0.3 is 55.3 Å². The molecule has 0 saturated carbocycles. The fourth-order valence-corrected chi connectivity index (χ4v) is 5.02. The Kier molecular flexibility index (Phi) is 20.4. The smallest absolute Gasteiger partial charge is 0.394 e. The molecule has 23 nitrogen and oxygen atoms in total. The average Bonchev–Trinajstić information content (AvgIpc) is 2.92. The summed E-state index contributed by atoms with van der Waals surface area (Å²) in [6.07, 6.45) is -8.34. The number of aliphatic hydroxyl groups excluding tert-OH is 7. The maximum absolute atomic E-state index is 11.8. The molecule has 0 aliphatic rings. The van der Waals surface area contributed by atoms with Crippen molar-refractivity contribution in [3.63, 3.8) is 0 Å². The second-order valence-corrected chi connectivity index (χ2v) is 13.7. The molecule has 0 aliphatic carbocycles. The summed E-state index contributed by atoms with van der Waals surface area (Å²) >= 11 is 0. The van der Waals surface area contributed by atoms with Crippen LogP contribution < -0.4 is 0 Å². The van der Waals surface area contributed by atoms with Crippen molar-refractivity contribution < 1.29 is 110 Å². The highest BCUT2D eigenvalue weighted by Gasteiger charge is 2.30. The van der Waals surface area contributed by atoms with E-state index in [1.54, 1.807) is 0 Å². The summed E-state index contributed by atoms with van der Waals surface area (Å²) in [6.45, 7) is -9.03. The van der Waals surface area contributed by atoms with E-state index in [0.29, 0.717) is 0 Å². The van der Waals surface area contributed by atoms with Gasteiger partial charge in [0.2, 0.25) is 0 Å². The molecule has 8 atom stereocenters. The Balaban J connectivity index is 4.34. The van der Waals surface area contributed by atoms with Gasteiger partial charge in [0.25, 0.3) is 0 Å². The fraction of sp³-hybridized carbons (Fsp3) is 1.00. The average molecular weight is 708 g/mol. The first kappa shape index (κ1) is 42.2. The first-order valence-corrected chi connectivity index (χ1v) is 17.3. The van der Waals surface area contributed by atoms with Crippen molar-refractivity contribution in [2.45, 2.75) is 30.5 Å². The Morgan fingerprint density at radius 1 is 0.357 bits per heavy atom. The van der Waals surface area contributed by atoms with Gasteiger partial charge in [-0.25, -0.2) is 18.3 Å². The third-order valence-corrected chi connectivity index (χ3v) is 7.66. The first-order chi connectivity index (χ1) is 19.2. The van der Waals surface area contributed by atoms with E-state index < -0.39 is 128 Å². The number of phosphoric acid groups is 4. The SMILES string of the molecule is O=P(O)(OCC(O)CO)OCC(O)COP(=O)(O)OCC(O)COP(=O)(O)OCC(O)COP(=O)(O)OCC(O)CO. The fourth-order valence-electron chi connectivity index (χ4n) is 1.84. The molecular formula is C15H36O23P4. The van der Waals surface area contributed by atoms with Crippen LogP contribution in [0.3, 0.4) is 0 Å². The molecular weight excluding hydrogens is 672 g/mol. The number of aliphatic hydroxyl groups is 7. The Morgan fingerprint density at radius 2 is 0.500 bits per heavy atom. The Morgan fingerprint density at radius 3 is 0.643 bits per heavy atom. The van der Waals surface area contributed by atoms with Crippen molar-refractivity contribution in [1.82, 2.24) is 0 Å². The highest BCUT2D eigenvalue weighted by atomic mass is 31.2. The van der Waals surface area contributed by atoms with Gasteiger partial charge in [0.1, 0.15) is 30.5 Å².